The number of hydrogen-bond donors (Lipinski definition) is 1. The summed E-state index contributed by atoms with van der Waals surface area (Å²) in [6.45, 7) is 8.93. The van der Waals surface area contributed by atoms with E-state index in [0.29, 0.717) is 11.6 Å². The fraction of sp³-hybridized carbons (Fsp3) is 1.00. The van der Waals surface area contributed by atoms with Gasteiger partial charge in [-0.3, -0.25) is 4.90 Å². The van der Waals surface area contributed by atoms with E-state index in [4.69, 9.17) is 5.73 Å². The van der Waals surface area contributed by atoms with Gasteiger partial charge in [0.2, 0.25) is 0 Å². The van der Waals surface area contributed by atoms with Gasteiger partial charge in [-0.1, -0.05) is 6.92 Å². The molecule has 1 atom stereocenters. The number of nitrogens with two attached hydrogens (primary N) is 1. The summed E-state index contributed by atoms with van der Waals surface area (Å²) in [5, 5.41) is 0. The van der Waals surface area contributed by atoms with E-state index in [1.807, 2.05) is 0 Å². The van der Waals surface area contributed by atoms with Gasteiger partial charge in [-0.25, -0.2) is 0 Å². The van der Waals surface area contributed by atoms with Crippen LogP contribution in [-0.2, 0) is 0 Å². The van der Waals surface area contributed by atoms with Crippen molar-refractivity contribution in [1.82, 2.24) is 4.90 Å². The summed E-state index contributed by atoms with van der Waals surface area (Å²) < 4.78 is 0. The molecule has 2 heteroatoms. The average Bonchev–Trinajstić information content (AvgIpc) is 2.04. The molecule has 2 N–H and O–H groups in total. The molecular formula is C8H18N2. The lowest BCUT2D eigenvalue weighted by atomic mass is 10.0. The van der Waals surface area contributed by atoms with Gasteiger partial charge >= 0.3 is 0 Å². The Morgan fingerprint density at radius 3 is 2.40 bits per heavy atom. The van der Waals surface area contributed by atoms with Gasteiger partial charge < -0.3 is 5.73 Å². The summed E-state index contributed by atoms with van der Waals surface area (Å²) in [5.41, 5.74) is 6.18. The third kappa shape index (κ3) is 1.32. The first-order chi connectivity index (χ1) is 4.56. The minimum Gasteiger partial charge on any atom is -0.326 e. The Labute approximate surface area is 63.4 Å². The Bertz CT molecular complexity index is 120. The van der Waals surface area contributed by atoms with Gasteiger partial charge in [0.25, 0.3) is 0 Å². The van der Waals surface area contributed by atoms with Crippen molar-refractivity contribution in [3.8, 4) is 0 Å². The van der Waals surface area contributed by atoms with Gasteiger partial charge in [-0.05, 0) is 26.8 Å². The number of hydrogen-bond acceptors (Lipinski definition) is 2. The maximum Gasteiger partial charge on any atom is 0.0185 e. The first-order valence-electron chi connectivity index (χ1n) is 4.07. The maximum atomic E-state index is 5.83. The standard InChI is InChI=1S/C8H18N2/c1-4-10-6-7(9)5-8(10,2)3/h7H,4-6,9H2,1-3H3. The highest BCUT2D eigenvalue weighted by molar-refractivity contribution is 4.93. The summed E-state index contributed by atoms with van der Waals surface area (Å²) in [5.74, 6) is 0. The SMILES string of the molecule is CCN1CC(N)CC1(C)C. The highest BCUT2D eigenvalue weighted by atomic mass is 15.2. The molecule has 0 bridgehead atoms. The highest BCUT2D eigenvalue weighted by Gasteiger charge is 2.34. The zero-order chi connectivity index (χ0) is 7.78. The summed E-state index contributed by atoms with van der Waals surface area (Å²) in [6, 6.07) is 0.398. The van der Waals surface area contributed by atoms with Crippen LogP contribution in [0.3, 0.4) is 0 Å². The van der Waals surface area contributed by atoms with E-state index in [0.717, 1.165) is 19.5 Å². The number of likely N-dealkylation sites (N-methyl/N-ethyl adjacent to an activating group) is 1. The van der Waals surface area contributed by atoms with Crippen molar-refractivity contribution in [2.45, 2.75) is 38.8 Å². The number of likely N-dealkylation sites (tertiary alicyclic amines) is 1. The zero-order valence-corrected chi connectivity index (χ0v) is 7.22. The van der Waals surface area contributed by atoms with Crippen molar-refractivity contribution in [3.05, 3.63) is 0 Å². The first-order valence-corrected chi connectivity index (χ1v) is 4.07. The topological polar surface area (TPSA) is 29.3 Å². The van der Waals surface area contributed by atoms with Gasteiger partial charge in [0.1, 0.15) is 0 Å². The maximum absolute atomic E-state index is 5.83. The van der Waals surface area contributed by atoms with Gasteiger partial charge in [0, 0.05) is 18.1 Å². The van der Waals surface area contributed by atoms with Crippen LogP contribution >= 0.6 is 0 Å². The molecule has 2 nitrogen and oxygen atoms in total. The van der Waals surface area contributed by atoms with Crippen molar-refractivity contribution >= 4 is 0 Å². The van der Waals surface area contributed by atoms with E-state index < -0.39 is 0 Å². The van der Waals surface area contributed by atoms with E-state index in [9.17, 15) is 0 Å². The Morgan fingerprint density at radius 2 is 2.20 bits per heavy atom. The Balaban J connectivity index is 2.58. The predicted molar refractivity (Wildman–Crippen MR) is 43.9 cm³/mol. The van der Waals surface area contributed by atoms with Crippen LogP contribution in [0, 0.1) is 0 Å². The molecule has 1 unspecified atom stereocenters. The molecule has 10 heavy (non-hydrogen) atoms. The van der Waals surface area contributed by atoms with Crippen LogP contribution in [0.15, 0.2) is 0 Å². The average molecular weight is 142 g/mol. The molecule has 1 aliphatic rings. The molecule has 0 saturated carbocycles. The Kier molecular flexibility index (Phi) is 2.02. The molecule has 0 amide bonds. The van der Waals surface area contributed by atoms with Gasteiger partial charge in [0.15, 0.2) is 0 Å². The third-order valence-electron chi connectivity index (χ3n) is 2.45. The predicted octanol–water partition coefficient (Wildman–Crippen LogP) is 0.818. The highest BCUT2D eigenvalue weighted by Crippen LogP contribution is 2.26. The smallest absolute Gasteiger partial charge is 0.0185 e. The minimum atomic E-state index is 0.341. The molecule has 0 aromatic heterocycles. The molecule has 1 fully saturated rings. The van der Waals surface area contributed by atoms with E-state index in [2.05, 4.69) is 25.7 Å². The van der Waals surface area contributed by atoms with Crippen molar-refractivity contribution in [1.29, 1.82) is 0 Å². The normalized spacial score (nSPS) is 33.0. The third-order valence-corrected chi connectivity index (χ3v) is 2.45. The lowest BCUT2D eigenvalue weighted by molar-refractivity contribution is 0.185. The summed E-state index contributed by atoms with van der Waals surface area (Å²) in [6.07, 6.45) is 1.14. The molecule has 60 valence electrons. The van der Waals surface area contributed by atoms with Crippen LogP contribution in [-0.4, -0.2) is 29.6 Å². The van der Waals surface area contributed by atoms with E-state index >= 15 is 0 Å². The first kappa shape index (κ1) is 8.02. The molecule has 0 aromatic rings. The zero-order valence-electron chi connectivity index (χ0n) is 7.22. The lowest BCUT2D eigenvalue weighted by Gasteiger charge is -2.29. The molecule has 1 rings (SSSR count). The van der Waals surface area contributed by atoms with E-state index in [-0.39, 0.29) is 0 Å². The van der Waals surface area contributed by atoms with Crippen LogP contribution in [0.5, 0.6) is 0 Å². The van der Waals surface area contributed by atoms with Crippen molar-refractivity contribution in [2.24, 2.45) is 5.73 Å². The summed E-state index contributed by atoms with van der Waals surface area (Å²) >= 11 is 0. The van der Waals surface area contributed by atoms with Crippen molar-refractivity contribution in [3.63, 3.8) is 0 Å². The molecule has 1 saturated heterocycles. The van der Waals surface area contributed by atoms with Crippen molar-refractivity contribution in [2.75, 3.05) is 13.1 Å². The Hall–Kier alpha value is -0.0800. The van der Waals surface area contributed by atoms with Crippen LogP contribution in [0.2, 0.25) is 0 Å². The molecule has 0 aromatic carbocycles. The number of nitrogens with zero attached hydrogens (tertiary/aromatic N) is 1. The van der Waals surface area contributed by atoms with E-state index in [1.54, 1.807) is 0 Å². The fourth-order valence-corrected chi connectivity index (χ4v) is 1.92. The molecule has 0 radical (unpaired) electrons. The van der Waals surface area contributed by atoms with Gasteiger partial charge in [-0.2, -0.15) is 0 Å². The van der Waals surface area contributed by atoms with E-state index in [1.165, 1.54) is 0 Å². The number of rotatable bonds is 1. The molecule has 1 heterocycles. The summed E-state index contributed by atoms with van der Waals surface area (Å²) in [4.78, 5) is 2.44. The lowest BCUT2D eigenvalue weighted by Crippen LogP contribution is -2.37. The van der Waals surface area contributed by atoms with Crippen LogP contribution in [0.25, 0.3) is 0 Å². The quantitative estimate of drug-likeness (QED) is 0.587. The largest absolute Gasteiger partial charge is 0.326 e. The van der Waals surface area contributed by atoms with Crippen LogP contribution in [0.1, 0.15) is 27.2 Å². The minimum absolute atomic E-state index is 0.341. The molecular weight excluding hydrogens is 124 g/mol. The van der Waals surface area contributed by atoms with Gasteiger partial charge in [-0.15, -0.1) is 0 Å². The summed E-state index contributed by atoms with van der Waals surface area (Å²) in [7, 11) is 0. The second-order valence-electron chi connectivity index (χ2n) is 3.82. The van der Waals surface area contributed by atoms with Gasteiger partial charge in [0.05, 0.1) is 0 Å². The monoisotopic (exact) mass is 142 g/mol. The van der Waals surface area contributed by atoms with Crippen LogP contribution in [0.4, 0.5) is 0 Å². The van der Waals surface area contributed by atoms with Crippen LogP contribution < -0.4 is 5.73 Å². The molecule has 0 aliphatic carbocycles. The van der Waals surface area contributed by atoms with Crippen molar-refractivity contribution < 1.29 is 0 Å². The second-order valence-corrected chi connectivity index (χ2v) is 3.82. The second kappa shape index (κ2) is 2.51. The molecule has 0 spiro atoms. The Morgan fingerprint density at radius 1 is 1.60 bits per heavy atom. The fourth-order valence-electron chi connectivity index (χ4n) is 1.92. The molecule has 1 aliphatic heterocycles.